The van der Waals surface area contributed by atoms with E-state index < -0.39 is 0 Å². The van der Waals surface area contributed by atoms with Crippen LogP contribution in [0.3, 0.4) is 0 Å². The van der Waals surface area contributed by atoms with Gasteiger partial charge in [0.15, 0.2) is 0 Å². The monoisotopic (exact) mass is 837 g/mol. The van der Waals surface area contributed by atoms with Gasteiger partial charge in [0, 0.05) is 21.9 Å². The maximum absolute atomic E-state index is 2.53. The number of para-hydroxylation sites is 2. The zero-order valence-corrected chi connectivity index (χ0v) is 36.8. The second kappa shape index (κ2) is 13.9. The normalized spacial score (nSPS) is 13.1. The highest BCUT2D eigenvalue weighted by atomic mass is 15.0. The van der Waals surface area contributed by atoms with E-state index in [1.165, 1.54) is 137 Å². The molecule has 14 rings (SSSR count). The van der Waals surface area contributed by atoms with Crippen molar-refractivity contribution in [3.05, 3.63) is 236 Å². The van der Waals surface area contributed by atoms with Crippen molar-refractivity contribution in [2.45, 2.75) is 19.3 Å². The van der Waals surface area contributed by atoms with Crippen molar-refractivity contribution in [1.29, 1.82) is 0 Å². The third-order valence-corrected chi connectivity index (χ3v) is 14.9. The molecule has 13 aromatic rings. The second-order valence-corrected chi connectivity index (χ2v) is 18.7. The molecule has 0 atom stereocenters. The molecular formula is C65H43N. The van der Waals surface area contributed by atoms with E-state index in [9.17, 15) is 0 Å². The molecule has 1 heteroatoms. The Morgan fingerprint density at radius 1 is 0.288 bits per heavy atom. The molecule has 0 amide bonds. The lowest BCUT2D eigenvalue weighted by Crippen LogP contribution is -2.16. The zero-order chi connectivity index (χ0) is 43.7. The number of benzene rings is 12. The average molecular weight is 838 g/mol. The van der Waals surface area contributed by atoms with Crippen LogP contribution in [-0.4, -0.2) is 4.57 Å². The molecule has 0 bridgehead atoms. The Hall–Kier alpha value is -8.26. The van der Waals surface area contributed by atoms with E-state index in [1.807, 2.05) is 0 Å². The summed E-state index contributed by atoms with van der Waals surface area (Å²) in [5.74, 6) is 0. The van der Waals surface area contributed by atoms with Gasteiger partial charge in [0.1, 0.15) is 0 Å². The van der Waals surface area contributed by atoms with Gasteiger partial charge in [0.05, 0.1) is 11.0 Å². The van der Waals surface area contributed by atoms with Crippen molar-refractivity contribution in [3.63, 3.8) is 0 Å². The average Bonchev–Trinajstić information content (AvgIpc) is 3.83. The standard InChI is InChI=1S/C65H43N/c1-65(2)57-39-55(46-25-7-9-27-48(46)62(57)63-49-28-10-6-23-44(49)45-24-8-15-33-54(45)64(63)65)40-19-18-20-41(37-40)60-50-29-11-13-31-52(50)61(53-32-14-12-30-51(53)60)42-35-36-59-56(38-42)47-26-16-17-34-58(47)66(59)43-21-4-3-5-22-43/h3-39H,1-2H3. The number of fused-ring (bicyclic) bond motifs is 15. The lowest BCUT2D eigenvalue weighted by Gasteiger charge is -2.25. The second-order valence-electron chi connectivity index (χ2n) is 18.7. The van der Waals surface area contributed by atoms with Gasteiger partial charge in [-0.25, -0.2) is 0 Å². The first-order chi connectivity index (χ1) is 32.5. The SMILES string of the molecule is CC1(C)c2cc(-c3cccc(-c4c5ccccc5c(-c5ccc6c(c5)c5ccccc5n6-c5ccccc5)c5ccccc45)c3)c3ccccc3c2-c2c1c1ccccc1c1ccccc21. The predicted octanol–water partition coefficient (Wildman–Crippen LogP) is 17.9. The van der Waals surface area contributed by atoms with Crippen LogP contribution in [0.4, 0.5) is 0 Å². The van der Waals surface area contributed by atoms with Crippen LogP contribution in [0.15, 0.2) is 224 Å². The van der Waals surface area contributed by atoms with Gasteiger partial charge in [0.2, 0.25) is 0 Å². The number of aromatic nitrogens is 1. The van der Waals surface area contributed by atoms with Crippen LogP contribution in [0.5, 0.6) is 0 Å². The highest BCUT2D eigenvalue weighted by molar-refractivity contribution is 6.24. The molecular weight excluding hydrogens is 795 g/mol. The van der Waals surface area contributed by atoms with Crippen LogP contribution in [0.25, 0.3) is 126 Å². The summed E-state index contributed by atoms with van der Waals surface area (Å²) in [5, 5.41) is 15.4. The van der Waals surface area contributed by atoms with Crippen LogP contribution in [0.1, 0.15) is 25.0 Å². The van der Waals surface area contributed by atoms with Crippen LogP contribution < -0.4 is 0 Å². The Labute approximate surface area is 383 Å². The molecule has 1 aliphatic carbocycles. The number of hydrogen-bond donors (Lipinski definition) is 0. The fourth-order valence-corrected chi connectivity index (χ4v) is 12.1. The van der Waals surface area contributed by atoms with Gasteiger partial charge in [0.25, 0.3) is 0 Å². The third-order valence-electron chi connectivity index (χ3n) is 14.9. The molecule has 1 aliphatic rings. The molecule has 12 aromatic carbocycles. The molecule has 1 nitrogen and oxygen atoms in total. The number of nitrogens with zero attached hydrogens (tertiary/aromatic N) is 1. The summed E-state index contributed by atoms with van der Waals surface area (Å²) in [7, 11) is 0. The van der Waals surface area contributed by atoms with E-state index in [2.05, 4.69) is 243 Å². The first-order valence-corrected chi connectivity index (χ1v) is 23.2. The minimum atomic E-state index is -0.216. The Kier molecular flexibility index (Phi) is 7.81. The fourth-order valence-electron chi connectivity index (χ4n) is 12.1. The van der Waals surface area contributed by atoms with Crippen molar-refractivity contribution >= 4 is 75.7 Å². The third kappa shape index (κ3) is 5.11. The van der Waals surface area contributed by atoms with E-state index in [4.69, 9.17) is 0 Å². The summed E-state index contributed by atoms with van der Waals surface area (Å²) in [6, 6.07) is 83.8. The molecule has 0 N–H and O–H groups in total. The van der Waals surface area contributed by atoms with Gasteiger partial charge >= 0.3 is 0 Å². The maximum atomic E-state index is 2.53. The number of hydrogen-bond acceptors (Lipinski definition) is 0. The van der Waals surface area contributed by atoms with E-state index in [1.54, 1.807) is 0 Å². The van der Waals surface area contributed by atoms with Gasteiger partial charge < -0.3 is 4.57 Å². The van der Waals surface area contributed by atoms with Crippen molar-refractivity contribution in [3.8, 4) is 50.2 Å². The Bertz CT molecular complexity index is 4130. The first kappa shape index (κ1) is 37.1. The van der Waals surface area contributed by atoms with Crippen LogP contribution >= 0.6 is 0 Å². The van der Waals surface area contributed by atoms with Gasteiger partial charge in [-0.15, -0.1) is 0 Å². The quantitative estimate of drug-likeness (QED) is 0.123. The Morgan fingerprint density at radius 2 is 0.742 bits per heavy atom. The zero-order valence-electron chi connectivity index (χ0n) is 36.8. The van der Waals surface area contributed by atoms with Crippen LogP contribution in [0.2, 0.25) is 0 Å². The lowest BCUT2D eigenvalue weighted by atomic mass is 9.78. The minimum Gasteiger partial charge on any atom is -0.309 e. The summed E-state index contributed by atoms with van der Waals surface area (Å²) in [6.45, 7) is 4.87. The maximum Gasteiger partial charge on any atom is 0.0541 e. The molecule has 308 valence electrons. The van der Waals surface area contributed by atoms with Crippen molar-refractivity contribution in [2.24, 2.45) is 0 Å². The molecule has 0 unspecified atom stereocenters. The fraction of sp³-hybridized carbons (Fsp3) is 0.0462. The molecule has 0 saturated carbocycles. The summed E-state index contributed by atoms with van der Waals surface area (Å²) < 4.78 is 2.40. The van der Waals surface area contributed by atoms with E-state index in [0.717, 1.165) is 0 Å². The molecule has 0 fully saturated rings. The molecule has 66 heavy (non-hydrogen) atoms. The molecule has 0 radical (unpaired) electrons. The van der Waals surface area contributed by atoms with Crippen molar-refractivity contribution in [1.82, 2.24) is 4.57 Å². The lowest BCUT2D eigenvalue weighted by molar-refractivity contribution is 0.667. The Balaban J connectivity index is 0.984. The predicted molar refractivity (Wildman–Crippen MR) is 282 cm³/mol. The van der Waals surface area contributed by atoms with Gasteiger partial charge in [-0.05, 0) is 152 Å². The molecule has 0 saturated heterocycles. The summed E-state index contributed by atoms with van der Waals surface area (Å²) >= 11 is 0. The van der Waals surface area contributed by atoms with Gasteiger partial charge in [-0.2, -0.15) is 0 Å². The van der Waals surface area contributed by atoms with Crippen molar-refractivity contribution < 1.29 is 0 Å². The van der Waals surface area contributed by atoms with E-state index in [-0.39, 0.29) is 5.41 Å². The first-order valence-electron chi connectivity index (χ1n) is 23.2. The smallest absolute Gasteiger partial charge is 0.0541 e. The summed E-state index contributed by atoms with van der Waals surface area (Å²) in [6.07, 6.45) is 0. The highest BCUT2D eigenvalue weighted by Gasteiger charge is 2.40. The molecule has 0 aliphatic heterocycles. The van der Waals surface area contributed by atoms with Gasteiger partial charge in [-0.3, -0.25) is 0 Å². The van der Waals surface area contributed by atoms with Gasteiger partial charge in [-0.1, -0.05) is 196 Å². The topological polar surface area (TPSA) is 4.93 Å². The van der Waals surface area contributed by atoms with Crippen molar-refractivity contribution in [2.75, 3.05) is 0 Å². The highest BCUT2D eigenvalue weighted by Crippen LogP contribution is 2.58. The van der Waals surface area contributed by atoms with Crippen LogP contribution in [0, 0.1) is 0 Å². The largest absolute Gasteiger partial charge is 0.309 e. The summed E-state index contributed by atoms with van der Waals surface area (Å²) in [4.78, 5) is 0. The minimum absolute atomic E-state index is 0.216. The van der Waals surface area contributed by atoms with E-state index >= 15 is 0 Å². The Morgan fingerprint density at radius 3 is 1.38 bits per heavy atom. The molecule has 1 aromatic heterocycles. The van der Waals surface area contributed by atoms with E-state index in [0.29, 0.717) is 0 Å². The van der Waals surface area contributed by atoms with Crippen LogP contribution in [-0.2, 0) is 5.41 Å². The number of rotatable bonds is 4. The summed E-state index contributed by atoms with van der Waals surface area (Å²) in [5.41, 5.74) is 16.4. The molecule has 0 spiro atoms. The molecule has 1 heterocycles.